The lowest BCUT2D eigenvalue weighted by atomic mass is 10.1. The SMILES string of the molecule is CCCOc1cccc(C(=O)N[C@@H](CCSC)C(=O)O)c1. The number of amides is 1. The first-order valence-electron chi connectivity index (χ1n) is 6.84. The van der Waals surface area contributed by atoms with Gasteiger partial charge in [-0.25, -0.2) is 4.79 Å². The molecule has 0 saturated heterocycles. The van der Waals surface area contributed by atoms with Crippen molar-refractivity contribution in [3.8, 4) is 5.75 Å². The van der Waals surface area contributed by atoms with Gasteiger partial charge in [0.05, 0.1) is 6.61 Å². The van der Waals surface area contributed by atoms with Crippen LogP contribution in [-0.2, 0) is 4.79 Å². The largest absolute Gasteiger partial charge is 0.494 e. The number of hydrogen-bond donors (Lipinski definition) is 2. The van der Waals surface area contributed by atoms with E-state index >= 15 is 0 Å². The third-order valence-electron chi connectivity index (χ3n) is 2.78. The van der Waals surface area contributed by atoms with E-state index < -0.39 is 17.9 Å². The van der Waals surface area contributed by atoms with Gasteiger partial charge < -0.3 is 15.2 Å². The van der Waals surface area contributed by atoms with Crippen LogP contribution >= 0.6 is 11.8 Å². The Balaban J connectivity index is 2.70. The van der Waals surface area contributed by atoms with E-state index in [1.54, 1.807) is 36.0 Å². The van der Waals surface area contributed by atoms with E-state index in [0.29, 0.717) is 30.1 Å². The first-order valence-corrected chi connectivity index (χ1v) is 8.23. The number of carboxylic acids is 1. The number of carboxylic acid groups (broad SMARTS) is 1. The Morgan fingerprint density at radius 1 is 1.43 bits per heavy atom. The lowest BCUT2D eigenvalue weighted by Crippen LogP contribution is -2.41. The fraction of sp³-hybridized carbons (Fsp3) is 0.467. The number of carbonyl (C=O) groups is 2. The Morgan fingerprint density at radius 2 is 2.19 bits per heavy atom. The summed E-state index contributed by atoms with van der Waals surface area (Å²) in [5.41, 5.74) is 0.402. The fourth-order valence-corrected chi connectivity index (χ4v) is 2.15. The molecule has 116 valence electrons. The summed E-state index contributed by atoms with van der Waals surface area (Å²) in [6, 6.07) is 5.89. The van der Waals surface area contributed by atoms with Crippen LogP contribution in [0.1, 0.15) is 30.1 Å². The second-order valence-corrected chi connectivity index (χ2v) is 5.51. The van der Waals surface area contributed by atoms with Crippen molar-refractivity contribution in [3.05, 3.63) is 29.8 Å². The summed E-state index contributed by atoms with van der Waals surface area (Å²) in [4.78, 5) is 23.2. The molecule has 1 rings (SSSR count). The normalized spacial score (nSPS) is 11.7. The van der Waals surface area contributed by atoms with Gasteiger partial charge in [-0.3, -0.25) is 4.79 Å². The Morgan fingerprint density at radius 3 is 2.81 bits per heavy atom. The molecule has 1 aromatic carbocycles. The molecule has 2 N–H and O–H groups in total. The summed E-state index contributed by atoms with van der Waals surface area (Å²) in [6.07, 6.45) is 3.18. The summed E-state index contributed by atoms with van der Waals surface area (Å²) in [5.74, 6) is -0.126. The highest BCUT2D eigenvalue weighted by molar-refractivity contribution is 7.98. The highest BCUT2D eigenvalue weighted by Crippen LogP contribution is 2.14. The molecule has 21 heavy (non-hydrogen) atoms. The smallest absolute Gasteiger partial charge is 0.326 e. The van der Waals surface area contributed by atoms with E-state index in [0.717, 1.165) is 6.42 Å². The van der Waals surface area contributed by atoms with Crippen molar-refractivity contribution in [3.63, 3.8) is 0 Å². The lowest BCUT2D eigenvalue weighted by molar-refractivity contribution is -0.139. The zero-order valence-corrected chi connectivity index (χ0v) is 13.1. The van der Waals surface area contributed by atoms with Crippen LogP contribution in [0.25, 0.3) is 0 Å². The predicted molar refractivity (Wildman–Crippen MR) is 84.1 cm³/mol. The van der Waals surface area contributed by atoms with Crippen molar-refractivity contribution in [2.75, 3.05) is 18.6 Å². The molecule has 1 atom stereocenters. The van der Waals surface area contributed by atoms with Crippen LogP contribution in [0.3, 0.4) is 0 Å². The third-order valence-corrected chi connectivity index (χ3v) is 3.43. The average Bonchev–Trinajstić information content (AvgIpc) is 2.49. The molecule has 0 aliphatic heterocycles. The topological polar surface area (TPSA) is 75.6 Å². The van der Waals surface area contributed by atoms with Gasteiger partial charge in [-0.15, -0.1) is 0 Å². The Labute approximate surface area is 129 Å². The molecule has 0 heterocycles. The molecule has 1 aromatic rings. The molecule has 0 saturated carbocycles. The second kappa shape index (κ2) is 9.28. The molecule has 0 aromatic heterocycles. The molecule has 0 spiro atoms. The van der Waals surface area contributed by atoms with Gasteiger partial charge in [-0.2, -0.15) is 11.8 Å². The number of rotatable bonds is 9. The number of aliphatic carboxylic acids is 1. The van der Waals surface area contributed by atoms with Crippen molar-refractivity contribution in [1.29, 1.82) is 0 Å². The molecule has 6 heteroatoms. The van der Waals surface area contributed by atoms with Crippen molar-refractivity contribution >= 4 is 23.6 Å². The van der Waals surface area contributed by atoms with E-state index in [-0.39, 0.29) is 0 Å². The summed E-state index contributed by atoms with van der Waals surface area (Å²) in [7, 11) is 0. The predicted octanol–water partition coefficient (Wildman–Crippen LogP) is 2.41. The number of carbonyl (C=O) groups excluding carboxylic acids is 1. The molecular formula is C15H21NO4S. The zero-order valence-electron chi connectivity index (χ0n) is 12.3. The minimum Gasteiger partial charge on any atom is -0.494 e. The Hall–Kier alpha value is -1.69. The molecule has 0 bridgehead atoms. The number of nitrogens with one attached hydrogen (secondary N) is 1. The minimum absolute atomic E-state index is 0.397. The maximum absolute atomic E-state index is 12.1. The first kappa shape index (κ1) is 17.4. The standard InChI is InChI=1S/C15H21NO4S/c1-3-8-20-12-6-4-5-11(10-12)14(17)16-13(15(18)19)7-9-21-2/h4-6,10,13H,3,7-9H2,1-2H3,(H,16,17)(H,18,19)/t13-/m0/s1. The van der Waals surface area contributed by atoms with Crippen LogP contribution in [0.5, 0.6) is 5.75 Å². The molecule has 1 amide bonds. The highest BCUT2D eigenvalue weighted by atomic mass is 32.2. The van der Waals surface area contributed by atoms with Crippen LogP contribution < -0.4 is 10.1 Å². The fourth-order valence-electron chi connectivity index (χ4n) is 1.68. The molecule has 5 nitrogen and oxygen atoms in total. The number of thioether (sulfide) groups is 1. The highest BCUT2D eigenvalue weighted by Gasteiger charge is 2.20. The van der Waals surface area contributed by atoms with Crippen LogP contribution in [0.4, 0.5) is 0 Å². The van der Waals surface area contributed by atoms with E-state index in [4.69, 9.17) is 9.84 Å². The number of hydrogen-bond acceptors (Lipinski definition) is 4. The van der Waals surface area contributed by atoms with Gasteiger partial charge in [0.25, 0.3) is 5.91 Å². The van der Waals surface area contributed by atoms with Crippen LogP contribution in [-0.4, -0.2) is 41.6 Å². The molecular weight excluding hydrogens is 290 g/mol. The van der Waals surface area contributed by atoms with Crippen LogP contribution in [0.2, 0.25) is 0 Å². The molecule has 0 aliphatic carbocycles. The van der Waals surface area contributed by atoms with E-state index in [2.05, 4.69) is 5.32 Å². The van der Waals surface area contributed by atoms with Gasteiger partial charge in [0.15, 0.2) is 0 Å². The molecule has 0 fully saturated rings. The van der Waals surface area contributed by atoms with Crippen molar-refractivity contribution in [1.82, 2.24) is 5.32 Å². The average molecular weight is 311 g/mol. The quantitative estimate of drug-likeness (QED) is 0.732. The van der Waals surface area contributed by atoms with Crippen LogP contribution in [0.15, 0.2) is 24.3 Å². The Bertz CT molecular complexity index is 478. The van der Waals surface area contributed by atoms with Gasteiger partial charge in [0, 0.05) is 5.56 Å². The van der Waals surface area contributed by atoms with Crippen molar-refractivity contribution < 1.29 is 19.4 Å². The second-order valence-electron chi connectivity index (χ2n) is 4.52. The van der Waals surface area contributed by atoms with Gasteiger partial charge in [0.1, 0.15) is 11.8 Å². The van der Waals surface area contributed by atoms with Gasteiger partial charge in [-0.05, 0) is 43.0 Å². The maximum Gasteiger partial charge on any atom is 0.326 e. The van der Waals surface area contributed by atoms with E-state index in [9.17, 15) is 9.59 Å². The molecule has 0 unspecified atom stereocenters. The van der Waals surface area contributed by atoms with Crippen LogP contribution in [0, 0.1) is 0 Å². The number of ether oxygens (including phenoxy) is 1. The van der Waals surface area contributed by atoms with Gasteiger partial charge in [0.2, 0.25) is 0 Å². The van der Waals surface area contributed by atoms with Crippen molar-refractivity contribution in [2.24, 2.45) is 0 Å². The van der Waals surface area contributed by atoms with Crippen molar-refractivity contribution in [2.45, 2.75) is 25.8 Å². The maximum atomic E-state index is 12.1. The third kappa shape index (κ3) is 6.08. The lowest BCUT2D eigenvalue weighted by Gasteiger charge is -2.14. The zero-order chi connectivity index (χ0) is 15.7. The summed E-state index contributed by atoms with van der Waals surface area (Å²) < 4.78 is 5.46. The minimum atomic E-state index is -1.02. The van der Waals surface area contributed by atoms with Gasteiger partial charge >= 0.3 is 5.97 Å². The molecule has 0 aliphatic rings. The monoisotopic (exact) mass is 311 g/mol. The van der Waals surface area contributed by atoms with Gasteiger partial charge in [-0.1, -0.05) is 13.0 Å². The van der Waals surface area contributed by atoms with E-state index in [1.165, 1.54) is 0 Å². The Kier molecular flexibility index (Phi) is 7.68. The number of benzene rings is 1. The molecule has 0 radical (unpaired) electrons. The summed E-state index contributed by atoms with van der Waals surface area (Å²) >= 11 is 1.55. The van der Waals surface area contributed by atoms with E-state index in [1.807, 2.05) is 13.2 Å². The summed E-state index contributed by atoms with van der Waals surface area (Å²) in [6.45, 7) is 2.58. The summed E-state index contributed by atoms with van der Waals surface area (Å²) in [5, 5.41) is 11.7. The first-order chi connectivity index (χ1) is 10.1.